The van der Waals surface area contributed by atoms with Crippen LogP contribution in [0.2, 0.25) is 0 Å². The minimum Gasteiger partial charge on any atom is -0.369 e. The summed E-state index contributed by atoms with van der Waals surface area (Å²) in [5.74, 6) is -0.503. The smallest absolute Gasteiger partial charge is 0.315 e. The first-order valence-corrected chi connectivity index (χ1v) is 10.7. The highest BCUT2D eigenvalue weighted by molar-refractivity contribution is 5.96. The van der Waals surface area contributed by atoms with Crippen LogP contribution in [0.25, 0.3) is 0 Å². The standard InChI is InChI=1S/C23H28FN5O2/c24-18-5-4-8-21(15-18)29-17-19(16-22(29)30)26-23(31)25-9-10-27-11-13-28(14-12-27)20-6-2-1-3-7-20/h1-8,15,19H,9-14,16-17H2,(H2,25,26,31). The lowest BCUT2D eigenvalue weighted by Gasteiger charge is -2.36. The van der Waals surface area contributed by atoms with Crippen LogP contribution in [0.5, 0.6) is 0 Å². The minimum atomic E-state index is -0.385. The van der Waals surface area contributed by atoms with Crippen molar-refractivity contribution in [1.29, 1.82) is 0 Å². The van der Waals surface area contributed by atoms with Crippen molar-refractivity contribution in [3.8, 4) is 0 Å². The number of para-hydroxylation sites is 1. The topological polar surface area (TPSA) is 67.9 Å². The molecule has 31 heavy (non-hydrogen) atoms. The van der Waals surface area contributed by atoms with Gasteiger partial charge in [-0.2, -0.15) is 0 Å². The molecule has 0 aliphatic carbocycles. The summed E-state index contributed by atoms with van der Waals surface area (Å²) >= 11 is 0. The third kappa shape index (κ3) is 5.52. The number of carbonyl (C=O) groups is 2. The van der Waals surface area contributed by atoms with Gasteiger partial charge >= 0.3 is 6.03 Å². The zero-order chi connectivity index (χ0) is 21.6. The molecule has 2 heterocycles. The molecule has 3 amide bonds. The van der Waals surface area contributed by atoms with Crippen molar-refractivity contribution in [2.45, 2.75) is 12.5 Å². The molecular weight excluding hydrogens is 397 g/mol. The molecule has 1 unspecified atom stereocenters. The highest BCUT2D eigenvalue weighted by Gasteiger charge is 2.31. The number of hydrogen-bond donors (Lipinski definition) is 2. The van der Waals surface area contributed by atoms with Gasteiger partial charge in [-0.05, 0) is 30.3 Å². The maximum atomic E-state index is 13.4. The Morgan fingerprint density at radius 3 is 2.48 bits per heavy atom. The number of amides is 3. The fourth-order valence-corrected chi connectivity index (χ4v) is 4.13. The van der Waals surface area contributed by atoms with E-state index in [1.165, 1.54) is 22.7 Å². The summed E-state index contributed by atoms with van der Waals surface area (Å²) < 4.78 is 13.4. The van der Waals surface area contributed by atoms with E-state index in [2.05, 4.69) is 44.7 Å². The Kier molecular flexibility index (Phi) is 6.66. The summed E-state index contributed by atoms with van der Waals surface area (Å²) in [5, 5.41) is 5.74. The van der Waals surface area contributed by atoms with E-state index in [0.29, 0.717) is 18.8 Å². The molecule has 0 radical (unpaired) electrons. The molecule has 2 aliphatic rings. The number of carbonyl (C=O) groups excluding carboxylic acids is 2. The van der Waals surface area contributed by atoms with Crippen LogP contribution >= 0.6 is 0 Å². The van der Waals surface area contributed by atoms with Gasteiger partial charge in [0.15, 0.2) is 0 Å². The van der Waals surface area contributed by atoms with E-state index in [4.69, 9.17) is 0 Å². The molecule has 8 heteroatoms. The Hall–Kier alpha value is -3.13. The number of nitrogens with zero attached hydrogens (tertiary/aromatic N) is 3. The molecule has 2 N–H and O–H groups in total. The van der Waals surface area contributed by atoms with Gasteiger partial charge in [0.05, 0.1) is 6.04 Å². The van der Waals surface area contributed by atoms with Crippen LogP contribution in [0.3, 0.4) is 0 Å². The number of anilines is 2. The lowest BCUT2D eigenvalue weighted by Crippen LogP contribution is -2.50. The first kappa shape index (κ1) is 21.1. The highest BCUT2D eigenvalue weighted by Crippen LogP contribution is 2.22. The number of urea groups is 1. The maximum Gasteiger partial charge on any atom is 0.315 e. The minimum absolute atomic E-state index is 0.118. The van der Waals surface area contributed by atoms with Crippen LogP contribution in [0.4, 0.5) is 20.6 Å². The summed E-state index contributed by atoms with van der Waals surface area (Å²) in [5.41, 5.74) is 1.77. The van der Waals surface area contributed by atoms with Crippen molar-refractivity contribution in [2.24, 2.45) is 0 Å². The molecule has 0 saturated carbocycles. The van der Waals surface area contributed by atoms with Crippen molar-refractivity contribution >= 4 is 23.3 Å². The largest absolute Gasteiger partial charge is 0.369 e. The summed E-state index contributed by atoms with van der Waals surface area (Å²) in [6.07, 6.45) is 0.214. The van der Waals surface area contributed by atoms with Crippen molar-refractivity contribution in [1.82, 2.24) is 15.5 Å². The molecule has 0 bridgehead atoms. The quantitative estimate of drug-likeness (QED) is 0.744. The monoisotopic (exact) mass is 425 g/mol. The lowest BCUT2D eigenvalue weighted by molar-refractivity contribution is -0.117. The van der Waals surface area contributed by atoms with Crippen LogP contribution in [0.1, 0.15) is 6.42 Å². The zero-order valence-electron chi connectivity index (χ0n) is 17.5. The number of halogens is 1. The third-order valence-electron chi connectivity index (χ3n) is 5.79. The number of rotatable bonds is 6. The van der Waals surface area contributed by atoms with Crippen molar-refractivity contribution in [3.05, 3.63) is 60.4 Å². The normalized spacial score (nSPS) is 19.5. The van der Waals surface area contributed by atoms with E-state index in [1.54, 1.807) is 12.1 Å². The second-order valence-electron chi connectivity index (χ2n) is 7.95. The molecule has 2 saturated heterocycles. The third-order valence-corrected chi connectivity index (χ3v) is 5.79. The Labute approximate surface area is 181 Å². The average Bonchev–Trinajstić information content (AvgIpc) is 3.14. The number of benzene rings is 2. The van der Waals surface area contributed by atoms with Gasteiger partial charge in [0.2, 0.25) is 5.91 Å². The molecule has 0 spiro atoms. The van der Waals surface area contributed by atoms with Crippen LogP contribution in [0.15, 0.2) is 54.6 Å². The van der Waals surface area contributed by atoms with Gasteiger partial charge in [0.1, 0.15) is 5.82 Å². The van der Waals surface area contributed by atoms with Gasteiger partial charge in [-0.1, -0.05) is 24.3 Å². The van der Waals surface area contributed by atoms with Crippen LogP contribution in [0, 0.1) is 5.82 Å². The van der Waals surface area contributed by atoms with Crippen molar-refractivity contribution in [3.63, 3.8) is 0 Å². The van der Waals surface area contributed by atoms with Gasteiger partial charge in [0, 0.05) is 63.6 Å². The van der Waals surface area contributed by atoms with Gasteiger partial charge < -0.3 is 20.4 Å². The molecule has 0 aromatic heterocycles. The molecule has 2 aliphatic heterocycles. The Bertz CT molecular complexity index is 902. The summed E-state index contributed by atoms with van der Waals surface area (Å²) in [4.78, 5) is 30.7. The molecule has 7 nitrogen and oxygen atoms in total. The molecular formula is C23H28FN5O2. The van der Waals surface area contributed by atoms with E-state index in [0.717, 1.165) is 32.7 Å². The summed E-state index contributed by atoms with van der Waals surface area (Å²) in [7, 11) is 0. The fourth-order valence-electron chi connectivity index (χ4n) is 4.13. The Balaban J connectivity index is 1.16. The predicted octanol–water partition coefficient (Wildman–Crippen LogP) is 2.05. The molecule has 2 aromatic rings. The maximum absolute atomic E-state index is 13.4. The number of piperazine rings is 1. The highest BCUT2D eigenvalue weighted by atomic mass is 19.1. The SMILES string of the molecule is O=C(NCCN1CCN(c2ccccc2)CC1)NC1CC(=O)N(c2cccc(F)c2)C1. The lowest BCUT2D eigenvalue weighted by atomic mass is 10.2. The first-order valence-electron chi connectivity index (χ1n) is 10.7. The van der Waals surface area contributed by atoms with E-state index in [-0.39, 0.29) is 30.2 Å². The van der Waals surface area contributed by atoms with Crippen molar-refractivity contribution in [2.75, 3.05) is 55.6 Å². The van der Waals surface area contributed by atoms with Crippen LogP contribution in [-0.2, 0) is 4.79 Å². The number of hydrogen-bond acceptors (Lipinski definition) is 4. The van der Waals surface area contributed by atoms with Crippen LogP contribution in [-0.4, -0.2) is 68.7 Å². The second-order valence-corrected chi connectivity index (χ2v) is 7.95. The van der Waals surface area contributed by atoms with E-state index in [1.807, 2.05) is 6.07 Å². The molecule has 2 aromatic carbocycles. The fraction of sp³-hybridized carbons (Fsp3) is 0.391. The van der Waals surface area contributed by atoms with Gasteiger partial charge in [0.25, 0.3) is 0 Å². The molecule has 2 fully saturated rings. The van der Waals surface area contributed by atoms with Gasteiger partial charge in [-0.3, -0.25) is 9.69 Å². The summed E-state index contributed by atoms with van der Waals surface area (Å²) in [6.45, 7) is 5.53. The Morgan fingerprint density at radius 1 is 1.00 bits per heavy atom. The number of nitrogens with one attached hydrogen (secondary N) is 2. The zero-order valence-corrected chi connectivity index (χ0v) is 17.5. The van der Waals surface area contributed by atoms with E-state index in [9.17, 15) is 14.0 Å². The van der Waals surface area contributed by atoms with E-state index < -0.39 is 0 Å². The van der Waals surface area contributed by atoms with Crippen molar-refractivity contribution < 1.29 is 14.0 Å². The molecule has 1 atom stereocenters. The van der Waals surface area contributed by atoms with Gasteiger partial charge in [-0.25, -0.2) is 9.18 Å². The van der Waals surface area contributed by atoms with Crippen LogP contribution < -0.4 is 20.4 Å². The average molecular weight is 426 g/mol. The molecule has 4 rings (SSSR count). The first-order chi connectivity index (χ1) is 15.1. The Morgan fingerprint density at radius 2 is 1.74 bits per heavy atom. The van der Waals surface area contributed by atoms with E-state index >= 15 is 0 Å². The molecule has 164 valence electrons. The second kappa shape index (κ2) is 9.78. The predicted molar refractivity (Wildman–Crippen MR) is 119 cm³/mol. The van der Waals surface area contributed by atoms with Gasteiger partial charge in [-0.15, -0.1) is 0 Å². The summed E-state index contributed by atoms with van der Waals surface area (Å²) in [6, 6.07) is 15.8.